The Morgan fingerprint density at radius 3 is 2.56 bits per heavy atom. The van der Waals surface area contributed by atoms with E-state index in [-0.39, 0.29) is 11.9 Å². The standard InChI is InChI=1S/C21H27NO4S/c1-25-21-12-6-5-8-18(21)16-22(17-19-9-7-14-26-19)13-15-27(23,24)20-10-3-2-4-11-20/h2-6,8,10-12,19H,7,9,13-17H2,1H3. The van der Waals surface area contributed by atoms with Crippen molar-refractivity contribution in [3.63, 3.8) is 0 Å². The summed E-state index contributed by atoms with van der Waals surface area (Å²) in [4.78, 5) is 2.54. The second kappa shape index (κ2) is 9.35. The predicted octanol–water partition coefficient (Wildman–Crippen LogP) is 3.15. The Morgan fingerprint density at radius 2 is 1.85 bits per heavy atom. The molecule has 146 valence electrons. The molecule has 1 heterocycles. The topological polar surface area (TPSA) is 55.8 Å². The molecule has 0 radical (unpaired) electrons. The monoisotopic (exact) mass is 389 g/mol. The first-order valence-corrected chi connectivity index (χ1v) is 11.0. The fourth-order valence-electron chi connectivity index (χ4n) is 3.38. The smallest absolute Gasteiger partial charge is 0.179 e. The lowest BCUT2D eigenvalue weighted by atomic mass is 10.1. The van der Waals surface area contributed by atoms with Gasteiger partial charge in [-0.3, -0.25) is 4.90 Å². The first-order valence-electron chi connectivity index (χ1n) is 9.32. The van der Waals surface area contributed by atoms with E-state index in [0.29, 0.717) is 18.0 Å². The van der Waals surface area contributed by atoms with Gasteiger partial charge in [0.15, 0.2) is 9.84 Å². The summed E-state index contributed by atoms with van der Waals surface area (Å²) in [7, 11) is -1.65. The maximum Gasteiger partial charge on any atom is 0.179 e. The highest BCUT2D eigenvalue weighted by Gasteiger charge is 2.22. The van der Waals surface area contributed by atoms with Gasteiger partial charge in [-0.2, -0.15) is 0 Å². The number of hydrogen-bond donors (Lipinski definition) is 0. The third-order valence-corrected chi connectivity index (χ3v) is 6.56. The van der Waals surface area contributed by atoms with E-state index in [1.54, 1.807) is 31.4 Å². The van der Waals surface area contributed by atoms with Crippen LogP contribution in [-0.4, -0.2) is 52.0 Å². The fourth-order valence-corrected chi connectivity index (χ4v) is 4.69. The molecule has 0 amide bonds. The molecule has 0 aromatic heterocycles. The second-order valence-corrected chi connectivity index (χ2v) is 8.92. The predicted molar refractivity (Wildman–Crippen MR) is 106 cm³/mol. The minimum absolute atomic E-state index is 0.0822. The summed E-state index contributed by atoms with van der Waals surface area (Å²) in [6.45, 7) is 2.60. The van der Waals surface area contributed by atoms with Crippen molar-refractivity contribution >= 4 is 9.84 Å². The highest BCUT2D eigenvalue weighted by Crippen LogP contribution is 2.21. The molecule has 0 spiro atoms. The molecule has 0 aliphatic carbocycles. The Bertz CT molecular complexity index is 817. The fraction of sp³-hybridized carbons (Fsp3) is 0.429. The first kappa shape index (κ1) is 19.9. The molecule has 0 N–H and O–H groups in total. The summed E-state index contributed by atoms with van der Waals surface area (Å²) in [5.41, 5.74) is 1.05. The van der Waals surface area contributed by atoms with Gasteiger partial charge in [0, 0.05) is 31.8 Å². The number of ether oxygens (including phenoxy) is 2. The number of methoxy groups -OCH3 is 1. The summed E-state index contributed by atoms with van der Waals surface area (Å²) in [6.07, 6.45) is 2.25. The summed E-state index contributed by atoms with van der Waals surface area (Å²) in [5, 5.41) is 0. The van der Waals surface area contributed by atoms with Crippen molar-refractivity contribution in [2.45, 2.75) is 30.4 Å². The molecule has 0 bridgehead atoms. The largest absolute Gasteiger partial charge is 0.496 e. The zero-order chi connectivity index (χ0) is 19.1. The molecule has 5 nitrogen and oxygen atoms in total. The van der Waals surface area contributed by atoms with Gasteiger partial charge in [-0.1, -0.05) is 36.4 Å². The van der Waals surface area contributed by atoms with Crippen LogP contribution in [-0.2, 0) is 21.1 Å². The number of para-hydroxylation sites is 1. The van der Waals surface area contributed by atoms with Crippen molar-refractivity contribution in [1.29, 1.82) is 0 Å². The molecule has 27 heavy (non-hydrogen) atoms. The van der Waals surface area contributed by atoms with Gasteiger partial charge in [-0.25, -0.2) is 8.42 Å². The molecule has 1 fully saturated rings. The lowest BCUT2D eigenvalue weighted by molar-refractivity contribution is 0.0724. The zero-order valence-corrected chi connectivity index (χ0v) is 16.5. The highest BCUT2D eigenvalue weighted by atomic mass is 32.2. The van der Waals surface area contributed by atoms with Crippen LogP contribution in [0.3, 0.4) is 0 Å². The third kappa shape index (κ3) is 5.54. The van der Waals surface area contributed by atoms with Gasteiger partial charge in [0.05, 0.1) is 23.9 Å². The molecule has 1 aliphatic heterocycles. The van der Waals surface area contributed by atoms with Gasteiger partial charge in [0.2, 0.25) is 0 Å². The molecule has 1 saturated heterocycles. The van der Waals surface area contributed by atoms with Gasteiger partial charge in [-0.05, 0) is 31.0 Å². The summed E-state index contributed by atoms with van der Waals surface area (Å²) in [5.74, 6) is 0.902. The van der Waals surface area contributed by atoms with E-state index < -0.39 is 9.84 Å². The van der Waals surface area contributed by atoms with E-state index in [2.05, 4.69) is 4.90 Å². The number of sulfone groups is 1. The van der Waals surface area contributed by atoms with Crippen LogP contribution in [0.4, 0.5) is 0 Å². The van der Waals surface area contributed by atoms with Crippen molar-refractivity contribution < 1.29 is 17.9 Å². The molecule has 1 aliphatic rings. The SMILES string of the molecule is COc1ccccc1CN(CCS(=O)(=O)c1ccccc1)CC1CCCO1. The van der Waals surface area contributed by atoms with Crippen molar-refractivity contribution in [3.05, 3.63) is 60.2 Å². The van der Waals surface area contributed by atoms with Gasteiger partial charge in [0.25, 0.3) is 0 Å². The first-order chi connectivity index (χ1) is 13.1. The van der Waals surface area contributed by atoms with Crippen LogP contribution in [0, 0.1) is 0 Å². The molecule has 6 heteroatoms. The maximum absolute atomic E-state index is 12.7. The van der Waals surface area contributed by atoms with E-state index in [1.807, 2.05) is 30.3 Å². The second-order valence-electron chi connectivity index (χ2n) is 6.81. The van der Waals surface area contributed by atoms with Crippen molar-refractivity contribution in [2.24, 2.45) is 0 Å². The molecular weight excluding hydrogens is 362 g/mol. The molecule has 2 aromatic rings. The van der Waals surface area contributed by atoms with Crippen molar-refractivity contribution in [3.8, 4) is 5.75 Å². The molecule has 1 unspecified atom stereocenters. The van der Waals surface area contributed by atoms with Crippen molar-refractivity contribution in [1.82, 2.24) is 4.90 Å². The molecular formula is C21H27NO4S. The highest BCUT2D eigenvalue weighted by molar-refractivity contribution is 7.91. The van der Waals surface area contributed by atoms with E-state index >= 15 is 0 Å². The Kier molecular flexibility index (Phi) is 6.88. The van der Waals surface area contributed by atoms with E-state index in [9.17, 15) is 8.42 Å². The van der Waals surface area contributed by atoms with Crippen LogP contribution in [0.1, 0.15) is 18.4 Å². The summed E-state index contributed by atoms with van der Waals surface area (Å²) in [6, 6.07) is 16.5. The normalized spacial score (nSPS) is 17.3. The molecule has 0 saturated carbocycles. The Hall–Kier alpha value is -1.89. The average molecular weight is 390 g/mol. The lowest BCUT2D eigenvalue weighted by Gasteiger charge is -2.26. The van der Waals surface area contributed by atoms with E-state index in [1.165, 1.54) is 0 Å². The quantitative estimate of drug-likeness (QED) is 0.659. The van der Waals surface area contributed by atoms with E-state index in [4.69, 9.17) is 9.47 Å². The number of hydrogen-bond acceptors (Lipinski definition) is 5. The summed E-state index contributed by atoms with van der Waals surface area (Å²) >= 11 is 0. The molecule has 2 aromatic carbocycles. The van der Waals surface area contributed by atoms with Crippen molar-refractivity contribution in [2.75, 3.05) is 32.6 Å². The molecule has 3 rings (SSSR count). The zero-order valence-electron chi connectivity index (χ0n) is 15.7. The Labute approximate surface area is 161 Å². The van der Waals surface area contributed by atoms with Crippen LogP contribution in [0.5, 0.6) is 5.75 Å². The minimum Gasteiger partial charge on any atom is -0.496 e. The van der Waals surface area contributed by atoms with Crippen LogP contribution < -0.4 is 4.74 Å². The Balaban J connectivity index is 1.71. The van der Waals surface area contributed by atoms with Crippen LogP contribution in [0.2, 0.25) is 0 Å². The van der Waals surface area contributed by atoms with Crippen LogP contribution in [0.25, 0.3) is 0 Å². The van der Waals surface area contributed by atoms with Crippen LogP contribution >= 0.6 is 0 Å². The number of benzene rings is 2. The maximum atomic E-state index is 12.7. The Morgan fingerprint density at radius 1 is 1.11 bits per heavy atom. The summed E-state index contributed by atoms with van der Waals surface area (Å²) < 4.78 is 36.6. The number of rotatable bonds is 9. The minimum atomic E-state index is -3.31. The van der Waals surface area contributed by atoms with Gasteiger partial charge in [0.1, 0.15) is 5.75 Å². The number of nitrogens with zero attached hydrogens (tertiary/aromatic N) is 1. The third-order valence-electron chi connectivity index (χ3n) is 4.85. The molecule has 1 atom stereocenters. The van der Waals surface area contributed by atoms with Gasteiger partial charge < -0.3 is 9.47 Å². The van der Waals surface area contributed by atoms with Crippen LogP contribution in [0.15, 0.2) is 59.5 Å². The average Bonchev–Trinajstić information content (AvgIpc) is 3.20. The lowest BCUT2D eigenvalue weighted by Crippen LogP contribution is -2.35. The van der Waals surface area contributed by atoms with Gasteiger partial charge in [-0.15, -0.1) is 0 Å². The van der Waals surface area contributed by atoms with E-state index in [0.717, 1.165) is 37.3 Å². The van der Waals surface area contributed by atoms with Gasteiger partial charge >= 0.3 is 0 Å².